The highest BCUT2D eigenvalue weighted by molar-refractivity contribution is 5.79. The fourth-order valence-corrected chi connectivity index (χ4v) is 2.17. The van der Waals surface area contributed by atoms with Crippen molar-refractivity contribution in [3.05, 3.63) is 24.0 Å². The number of rotatable bonds is 5. The highest BCUT2D eigenvalue weighted by atomic mass is 14.9. The van der Waals surface area contributed by atoms with Gasteiger partial charge in [-0.3, -0.25) is 0 Å². The number of imidazole rings is 1. The number of hydrogen-bond acceptors (Lipinski definition) is 2. The molecule has 0 fully saturated rings. The summed E-state index contributed by atoms with van der Waals surface area (Å²) in [4.78, 5) is 7.68. The zero-order valence-electron chi connectivity index (χ0n) is 11.7. The van der Waals surface area contributed by atoms with E-state index in [-0.39, 0.29) is 0 Å². The van der Waals surface area contributed by atoms with Gasteiger partial charge in [0.15, 0.2) is 0 Å². The second kappa shape index (κ2) is 5.42. The van der Waals surface area contributed by atoms with E-state index in [1.54, 1.807) is 0 Å². The first-order valence-electron chi connectivity index (χ1n) is 6.77. The molecule has 0 saturated carbocycles. The van der Waals surface area contributed by atoms with Crippen LogP contribution in [0.3, 0.4) is 0 Å². The van der Waals surface area contributed by atoms with Crippen molar-refractivity contribution in [1.29, 1.82) is 0 Å². The minimum absolute atomic E-state index is 0.508. The minimum atomic E-state index is 0.508. The highest BCUT2D eigenvalue weighted by Gasteiger charge is 2.05. The Hall–Kier alpha value is -1.51. The topological polar surface area (TPSA) is 40.7 Å². The molecule has 1 atom stereocenters. The predicted molar refractivity (Wildman–Crippen MR) is 78.0 cm³/mol. The zero-order chi connectivity index (χ0) is 13.1. The normalized spacial score (nSPS) is 13.2. The van der Waals surface area contributed by atoms with E-state index in [0.29, 0.717) is 6.04 Å². The van der Waals surface area contributed by atoms with Crippen LogP contribution in [0.25, 0.3) is 11.0 Å². The van der Waals surface area contributed by atoms with Crippen molar-refractivity contribution in [2.45, 2.75) is 46.6 Å². The standard InChI is InChI=1S/C15H23N3/c1-10(2)5-6-11(3)16-13-7-8-14-15(9-13)18-12(4)17-14/h7-11,16H,5-6H2,1-4H3,(H,17,18). The van der Waals surface area contributed by atoms with E-state index in [9.17, 15) is 0 Å². The molecule has 0 spiro atoms. The van der Waals surface area contributed by atoms with Crippen molar-refractivity contribution in [3.8, 4) is 0 Å². The van der Waals surface area contributed by atoms with Crippen LogP contribution < -0.4 is 5.32 Å². The van der Waals surface area contributed by atoms with Crippen LogP contribution in [0.2, 0.25) is 0 Å². The molecule has 2 aromatic rings. The van der Waals surface area contributed by atoms with Crippen molar-refractivity contribution in [2.24, 2.45) is 5.92 Å². The number of benzene rings is 1. The Morgan fingerprint density at radius 2 is 2.00 bits per heavy atom. The Kier molecular flexibility index (Phi) is 3.90. The van der Waals surface area contributed by atoms with Crippen LogP contribution in [-0.2, 0) is 0 Å². The summed E-state index contributed by atoms with van der Waals surface area (Å²) in [6.07, 6.45) is 2.47. The summed E-state index contributed by atoms with van der Waals surface area (Å²) in [5, 5.41) is 3.55. The Morgan fingerprint density at radius 1 is 1.22 bits per heavy atom. The van der Waals surface area contributed by atoms with Gasteiger partial charge in [-0.2, -0.15) is 0 Å². The molecule has 2 N–H and O–H groups in total. The SMILES string of the molecule is Cc1nc2ccc(NC(C)CCC(C)C)cc2[nH]1. The lowest BCUT2D eigenvalue weighted by Crippen LogP contribution is -2.15. The molecule has 0 bridgehead atoms. The van der Waals surface area contributed by atoms with Gasteiger partial charge in [-0.25, -0.2) is 4.98 Å². The Labute approximate surface area is 109 Å². The van der Waals surface area contributed by atoms with Gasteiger partial charge >= 0.3 is 0 Å². The third-order valence-electron chi connectivity index (χ3n) is 3.19. The van der Waals surface area contributed by atoms with E-state index >= 15 is 0 Å². The molecule has 18 heavy (non-hydrogen) atoms. The van der Waals surface area contributed by atoms with Crippen molar-refractivity contribution >= 4 is 16.7 Å². The Morgan fingerprint density at radius 3 is 2.72 bits per heavy atom. The van der Waals surface area contributed by atoms with Gasteiger partial charge in [-0.05, 0) is 50.8 Å². The van der Waals surface area contributed by atoms with Crippen molar-refractivity contribution in [1.82, 2.24) is 9.97 Å². The van der Waals surface area contributed by atoms with Gasteiger partial charge in [0.05, 0.1) is 11.0 Å². The molecule has 0 amide bonds. The number of H-pyrrole nitrogens is 1. The maximum absolute atomic E-state index is 4.41. The monoisotopic (exact) mass is 245 g/mol. The number of nitrogens with zero attached hydrogens (tertiary/aromatic N) is 1. The lowest BCUT2D eigenvalue weighted by atomic mass is 10.0. The van der Waals surface area contributed by atoms with E-state index < -0.39 is 0 Å². The number of aromatic nitrogens is 2. The maximum atomic E-state index is 4.41. The third kappa shape index (κ3) is 3.25. The number of aromatic amines is 1. The van der Waals surface area contributed by atoms with Crippen LogP contribution in [0.4, 0.5) is 5.69 Å². The third-order valence-corrected chi connectivity index (χ3v) is 3.19. The number of aryl methyl sites for hydroxylation is 1. The second-order valence-electron chi connectivity index (χ2n) is 5.57. The first kappa shape index (κ1) is 12.9. The van der Waals surface area contributed by atoms with Crippen LogP contribution in [0.5, 0.6) is 0 Å². The summed E-state index contributed by atoms with van der Waals surface area (Å²) < 4.78 is 0. The summed E-state index contributed by atoms with van der Waals surface area (Å²) in [6, 6.07) is 6.82. The first-order valence-corrected chi connectivity index (χ1v) is 6.77. The van der Waals surface area contributed by atoms with Crippen molar-refractivity contribution in [3.63, 3.8) is 0 Å². The summed E-state index contributed by atoms with van der Waals surface area (Å²) in [6.45, 7) is 8.77. The van der Waals surface area contributed by atoms with Crippen LogP contribution in [0.15, 0.2) is 18.2 Å². The average Bonchev–Trinajstić information content (AvgIpc) is 2.66. The van der Waals surface area contributed by atoms with Crippen LogP contribution in [0, 0.1) is 12.8 Å². The van der Waals surface area contributed by atoms with Crippen LogP contribution in [0.1, 0.15) is 39.4 Å². The quantitative estimate of drug-likeness (QED) is 0.832. The molecular weight excluding hydrogens is 222 g/mol. The first-order chi connectivity index (χ1) is 8.54. The largest absolute Gasteiger partial charge is 0.383 e. The van der Waals surface area contributed by atoms with Gasteiger partial charge < -0.3 is 10.3 Å². The fraction of sp³-hybridized carbons (Fsp3) is 0.533. The molecule has 1 aromatic carbocycles. The molecule has 3 nitrogen and oxygen atoms in total. The van der Waals surface area contributed by atoms with Gasteiger partial charge in [0, 0.05) is 11.7 Å². The Balaban J connectivity index is 2.02. The second-order valence-corrected chi connectivity index (χ2v) is 5.57. The van der Waals surface area contributed by atoms with E-state index in [0.717, 1.165) is 22.8 Å². The van der Waals surface area contributed by atoms with Crippen molar-refractivity contribution in [2.75, 3.05) is 5.32 Å². The summed E-state index contributed by atoms with van der Waals surface area (Å²) in [5.41, 5.74) is 3.31. The van der Waals surface area contributed by atoms with E-state index in [1.165, 1.54) is 18.5 Å². The lowest BCUT2D eigenvalue weighted by Gasteiger charge is -2.16. The van der Waals surface area contributed by atoms with Gasteiger partial charge in [0.2, 0.25) is 0 Å². The van der Waals surface area contributed by atoms with Gasteiger partial charge in [-0.15, -0.1) is 0 Å². The number of anilines is 1. The predicted octanol–water partition coefficient (Wildman–Crippen LogP) is 4.11. The van der Waals surface area contributed by atoms with Gasteiger partial charge in [0.25, 0.3) is 0 Å². The molecule has 1 heterocycles. The summed E-state index contributed by atoms with van der Waals surface area (Å²) in [5.74, 6) is 1.74. The molecule has 0 saturated heterocycles. The molecule has 3 heteroatoms. The lowest BCUT2D eigenvalue weighted by molar-refractivity contribution is 0.528. The molecule has 1 aromatic heterocycles. The highest BCUT2D eigenvalue weighted by Crippen LogP contribution is 2.19. The Bertz CT molecular complexity index is 513. The molecule has 2 rings (SSSR count). The molecule has 0 aliphatic rings. The van der Waals surface area contributed by atoms with E-state index in [4.69, 9.17) is 0 Å². The minimum Gasteiger partial charge on any atom is -0.383 e. The summed E-state index contributed by atoms with van der Waals surface area (Å²) >= 11 is 0. The molecule has 0 radical (unpaired) electrons. The summed E-state index contributed by atoms with van der Waals surface area (Å²) in [7, 11) is 0. The fourth-order valence-electron chi connectivity index (χ4n) is 2.17. The smallest absolute Gasteiger partial charge is 0.104 e. The maximum Gasteiger partial charge on any atom is 0.104 e. The number of hydrogen-bond donors (Lipinski definition) is 2. The molecule has 1 unspecified atom stereocenters. The number of nitrogens with one attached hydrogen (secondary N) is 2. The molecule has 0 aliphatic heterocycles. The van der Waals surface area contributed by atoms with Gasteiger partial charge in [-0.1, -0.05) is 13.8 Å². The molecular formula is C15H23N3. The van der Waals surface area contributed by atoms with Crippen LogP contribution in [-0.4, -0.2) is 16.0 Å². The van der Waals surface area contributed by atoms with Gasteiger partial charge in [0.1, 0.15) is 5.82 Å². The molecule has 0 aliphatic carbocycles. The average molecular weight is 245 g/mol. The number of fused-ring (bicyclic) bond motifs is 1. The van der Waals surface area contributed by atoms with E-state index in [1.807, 2.05) is 6.92 Å². The zero-order valence-corrected chi connectivity index (χ0v) is 11.7. The van der Waals surface area contributed by atoms with Crippen LogP contribution >= 0.6 is 0 Å². The van der Waals surface area contributed by atoms with E-state index in [2.05, 4.69) is 54.3 Å². The molecule has 98 valence electrons. The van der Waals surface area contributed by atoms with Crippen molar-refractivity contribution < 1.29 is 0 Å².